The summed E-state index contributed by atoms with van der Waals surface area (Å²) in [4.78, 5) is 29.6. The van der Waals surface area contributed by atoms with Gasteiger partial charge >= 0.3 is 6.09 Å². The van der Waals surface area contributed by atoms with E-state index in [1.165, 1.54) is 13.3 Å². The van der Waals surface area contributed by atoms with Crippen molar-refractivity contribution in [2.24, 2.45) is 5.92 Å². The number of rotatable bonds is 5. The van der Waals surface area contributed by atoms with Gasteiger partial charge in [-0.25, -0.2) is 19.2 Å². The number of hydrogen-bond donors (Lipinski definition) is 0. The van der Waals surface area contributed by atoms with Crippen LogP contribution in [0.1, 0.15) is 12.0 Å². The molecule has 1 amide bonds. The lowest BCUT2D eigenvalue weighted by molar-refractivity contribution is -0.00668. The van der Waals surface area contributed by atoms with Gasteiger partial charge in [-0.15, -0.1) is 0 Å². The van der Waals surface area contributed by atoms with E-state index in [2.05, 4.69) is 19.9 Å². The maximum absolute atomic E-state index is 14.7. The molecule has 0 N–H and O–H groups in total. The molecule has 2 saturated heterocycles. The van der Waals surface area contributed by atoms with Crippen molar-refractivity contribution in [3.8, 4) is 17.4 Å². The summed E-state index contributed by atoms with van der Waals surface area (Å²) >= 11 is 0. The standard InChI is InChI=1S/C25H26FN5O5/c1-33-23-3-2-18-24(29-23)16(17(26)11-27-18)5-7-30-6-4-15-13-31(25(32)36-21(15)14-30)22-10-19-20(12-28-22)35-9-8-34-19/h2-3,10-12,15,21H,4-9,13-14H2,1H3/t15-,21+/m1/s1. The van der Waals surface area contributed by atoms with Crippen molar-refractivity contribution in [3.63, 3.8) is 0 Å². The zero-order valence-corrected chi connectivity index (χ0v) is 19.9. The first-order valence-electron chi connectivity index (χ1n) is 12.0. The number of aromatic nitrogens is 3. The number of pyridine rings is 3. The Morgan fingerprint density at radius 3 is 2.86 bits per heavy atom. The molecule has 0 aliphatic carbocycles. The Balaban J connectivity index is 1.12. The molecule has 2 fully saturated rings. The molecule has 10 nitrogen and oxygen atoms in total. The molecule has 0 radical (unpaired) electrons. The van der Waals surface area contributed by atoms with Crippen LogP contribution in [-0.2, 0) is 11.2 Å². The third kappa shape index (κ3) is 4.23. The number of fused-ring (bicyclic) bond motifs is 3. The SMILES string of the molecule is COc1ccc2ncc(F)c(CCN3CC[C@@H]4CN(c5cc6c(cn5)OCCO6)C(=O)O[C@H]4C3)c2n1. The maximum atomic E-state index is 14.7. The van der Waals surface area contributed by atoms with Gasteiger partial charge in [0.2, 0.25) is 5.88 Å². The van der Waals surface area contributed by atoms with E-state index in [0.717, 1.165) is 13.0 Å². The number of piperidine rings is 1. The number of nitrogens with zero attached hydrogens (tertiary/aromatic N) is 5. The lowest BCUT2D eigenvalue weighted by Gasteiger charge is -2.43. The normalized spacial score (nSPS) is 21.7. The van der Waals surface area contributed by atoms with Gasteiger partial charge < -0.3 is 18.9 Å². The second kappa shape index (κ2) is 9.38. The van der Waals surface area contributed by atoms with Crippen LogP contribution in [0.3, 0.4) is 0 Å². The Labute approximate surface area is 206 Å². The Morgan fingerprint density at radius 2 is 2.00 bits per heavy atom. The molecule has 6 rings (SSSR count). The number of carbonyl (C=O) groups is 1. The second-order valence-corrected chi connectivity index (χ2v) is 9.12. The largest absolute Gasteiger partial charge is 0.486 e. The molecule has 3 aromatic rings. The fourth-order valence-electron chi connectivity index (χ4n) is 5.05. The monoisotopic (exact) mass is 495 g/mol. The molecule has 3 aliphatic heterocycles. The van der Waals surface area contributed by atoms with E-state index in [4.69, 9.17) is 18.9 Å². The van der Waals surface area contributed by atoms with Crippen LogP contribution < -0.4 is 19.1 Å². The second-order valence-electron chi connectivity index (χ2n) is 9.12. The van der Waals surface area contributed by atoms with E-state index in [-0.39, 0.29) is 17.8 Å². The summed E-state index contributed by atoms with van der Waals surface area (Å²) < 4.78 is 36.9. The molecule has 0 unspecified atom stereocenters. The third-order valence-electron chi connectivity index (χ3n) is 6.99. The average molecular weight is 496 g/mol. The summed E-state index contributed by atoms with van der Waals surface area (Å²) in [7, 11) is 1.53. The van der Waals surface area contributed by atoms with E-state index in [0.29, 0.717) is 79.1 Å². The molecular weight excluding hydrogens is 469 g/mol. The fraction of sp³-hybridized carbons (Fsp3) is 0.440. The van der Waals surface area contributed by atoms with Crippen LogP contribution in [0.25, 0.3) is 11.0 Å². The van der Waals surface area contributed by atoms with Crippen LogP contribution in [0, 0.1) is 11.7 Å². The highest BCUT2D eigenvalue weighted by atomic mass is 19.1. The lowest BCUT2D eigenvalue weighted by atomic mass is 9.91. The minimum Gasteiger partial charge on any atom is -0.486 e. The number of likely N-dealkylation sites (tertiary alicyclic amines) is 1. The molecule has 0 aromatic carbocycles. The molecule has 6 heterocycles. The van der Waals surface area contributed by atoms with Gasteiger partial charge in [0, 0.05) is 43.2 Å². The summed E-state index contributed by atoms with van der Waals surface area (Å²) in [6.07, 6.45) is 3.48. The molecule has 0 saturated carbocycles. The molecule has 3 aromatic heterocycles. The topological polar surface area (TPSA) is 99.1 Å². The van der Waals surface area contributed by atoms with Crippen molar-refractivity contribution in [1.29, 1.82) is 0 Å². The van der Waals surface area contributed by atoms with Gasteiger partial charge in [-0.2, -0.15) is 0 Å². The van der Waals surface area contributed by atoms with Gasteiger partial charge in [-0.3, -0.25) is 14.8 Å². The van der Waals surface area contributed by atoms with Crippen LogP contribution in [0.2, 0.25) is 0 Å². The molecule has 2 atom stereocenters. The predicted molar refractivity (Wildman–Crippen MR) is 127 cm³/mol. The zero-order valence-electron chi connectivity index (χ0n) is 19.9. The van der Waals surface area contributed by atoms with Crippen molar-refractivity contribution >= 4 is 22.9 Å². The highest BCUT2D eigenvalue weighted by Crippen LogP contribution is 2.35. The summed E-state index contributed by atoms with van der Waals surface area (Å²) in [5.74, 6) is 1.87. The number of amides is 1. The van der Waals surface area contributed by atoms with E-state index < -0.39 is 6.09 Å². The number of hydrogen-bond acceptors (Lipinski definition) is 9. The van der Waals surface area contributed by atoms with E-state index in [1.807, 2.05) is 0 Å². The Morgan fingerprint density at radius 1 is 1.14 bits per heavy atom. The molecule has 0 bridgehead atoms. The third-order valence-corrected chi connectivity index (χ3v) is 6.99. The van der Waals surface area contributed by atoms with Crippen LogP contribution in [0.4, 0.5) is 15.0 Å². The quantitative estimate of drug-likeness (QED) is 0.529. The number of halogens is 1. The van der Waals surface area contributed by atoms with Crippen molar-refractivity contribution in [3.05, 3.63) is 42.0 Å². The number of ether oxygens (including phenoxy) is 4. The highest BCUT2D eigenvalue weighted by molar-refractivity contribution is 5.87. The van der Waals surface area contributed by atoms with Crippen LogP contribution in [0.5, 0.6) is 17.4 Å². The smallest absolute Gasteiger partial charge is 0.415 e. The average Bonchev–Trinajstić information content (AvgIpc) is 2.91. The lowest BCUT2D eigenvalue weighted by Crippen LogP contribution is -2.56. The Bertz CT molecular complexity index is 1310. The zero-order chi connectivity index (χ0) is 24.6. The highest BCUT2D eigenvalue weighted by Gasteiger charge is 2.40. The van der Waals surface area contributed by atoms with Crippen molar-refractivity contribution in [2.75, 3.05) is 51.4 Å². The summed E-state index contributed by atoms with van der Waals surface area (Å²) in [6.45, 7) is 3.50. The van der Waals surface area contributed by atoms with Crippen molar-refractivity contribution in [1.82, 2.24) is 19.9 Å². The van der Waals surface area contributed by atoms with Gasteiger partial charge in [0.1, 0.15) is 31.0 Å². The Kier molecular flexibility index (Phi) is 5.92. The van der Waals surface area contributed by atoms with Gasteiger partial charge in [-0.05, 0) is 25.5 Å². The molecule has 188 valence electrons. The molecule has 36 heavy (non-hydrogen) atoms. The van der Waals surface area contributed by atoms with Crippen LogP contribution in [0.15, 0.2) is 30.6 Å². The number of anilines is 1. The summed E-state index contributed by atoms with van der Waals surface area (Å²) in [5.41, 5.74) is 1.65. The molecule has 0 spiro atoms. The summed E-state index contributed by atoms with van der Waals surface area (Å²) in [5, 5.41) is 0. The predicted octanol–water partition coefficient (Wildman–Crippen LogP) is 2.83. The maximum Gasteiger partial charge on any atom is 0.415 e. The van der Waals surface area contributed by atoms with E-state index in [9.17, 15) is 9.18 Å². The first-order chi connectivity index (χ1) is 17.6. The first-order valence-corrected chi connectivity index (χ1v) is 12.0. The van der Waals surface area contributed by atoms with Gasteiger partial charge in [0.15, 0.2) is 11.5 Å². The van der Waals surface area contributed by atoms with Crippen LogP contribution in [-0.4, -0.2) is 78.6 Å². The summed E-state index contributed by atoms with van der Waals surface area (Å²) in [6, 6.07) is 5.21. The Hall–Kier alpha value is -3.73. The van der Waals surface area contributed by atoms with E-state index >= 15 is 0 Å². The molecular formula is C25H26FN5O5. The number of methoxy groups -OCH3 is 1. The number of carbonyl (C=O) groups excluding carboxylic acids is 1. The van der Waals surface area contributed by atoms with Gasteiger partial charge in [0.05, 0.1) is 30.5 Å². The van der Waals surface area contributed by atoms with E-state index in [1.54, 1.807) is 29.3 Å². The van der Waals surface area contributed by atoms with Gasteiger partial charge in [0.25, 0.3) is 0 Å². The van der Waals surface area contributed by atoms with Gasteiger partial charge in [-0.1, -0.05) is 0 Å². The molecule has 3 aliphatic rings. The minimum absolute atomic E-state index is 0.179. The molecule has 11 heteroatoms. The first kappa shape index (κ1) is 22.7. The minimum atomic E-state index is -0.426. The van der Waals surface area contributed by atoms with Crippen molar-refractivity contribution in [2.45, 2.75) is 18.9 Å². The van der Waals surface area contributed by atoms with Crippen LogP contribution >= 0.6 is 0 Å². The van der Waals surface area contributed by atoms with Crippen molar-refractivity contribution < 1.29 is 28.1 Å². The fourth-order valence-corrected chi connectivity index (χ4v) is 5.05.